The average molecular weight is 247 g/mol. The zero-order valence-corrected chi connectivity index (χ0v) is 11.1. The molecule has 4 heteroatoms. The van der Waals surface area contributed by atoms with Gasteiger partial charge in [0, 0.05) is 18.8 Å². The molecule has 0 aromatic carbocycles. The molecule has 98 valence electrons. The SMILES string of the molecule is CCNc1cnccc1C(=O)NC(C)C1CCC1. The quantitative estimate of drug-likeness (QED) is 0.840. The Morgan fingerprint density at radius 3 is 2.94 bits per heavy atom. The van der Waals surface area contributed by atoms with Crippen LogP contribution in [0.1, 0.15) is 43.5 Å². The third-order valence-electron chi connectivity index (χ3n) is 3.65. The van der Waals surface area contributed by atoms with E-state index in [1.54, 1.807) is 18.5 Å². The van der Waals surface area contributed by atoms with E-state index in [0.717, 1.165) is 12.2 Å². The van der Waals surface area contributed by atoms with Gasteiger partial charge in [0.05, 0.1) is 17.4 Å². The van der Waals surface area contributed by atoms with Gasteiger partial charge in [0.25, 0.3) is 5.91 Å². The second-order valence-electron chi connectivity index (χ2n) is 4.90. The Balaban J connectivity index is 2.03. The van der Waals surface area contributed by atoms with E-state index in [1.807, 2.05) is 6.92 Å². The van der Waals surface area contributed by atoms with Gasteiger partial charge in [-0.05, 0) is 38.7 Å². The van der Waals surface area contributed by atoms with Crippen molar-refractivity contribution in [2.24, 2.45) is 5.92 Å². The molecule has 1 aromatic heterocycles. The molecule has 1 heterocycles. The summed E-state index contributed by atoms with van der Waals surface area (Å²) in [5, 5.41) is 6.25. The highest BCUT2D eigenvalue weighted by Gasteiger charge is 2.25. The zero-order valence-electron chi connectivity index (χ0n) is 11.1. The van der Waals surface area contributed by atoms with E-state index in [1.165, 1.54) is 19.3 Å². The molecule has 0 radical (unpaired) electrons. The van der Waals surface area contributed by atoms with Crippen molar-refractivity contribution in [1.82, 2.24) is 10.3 Å². The molecule has 0 spiro atoms. The Hall–Kier alpha value is -1.58. The lowest BCUT2D eigenvalue weighted by Gasteiger charge is -2.32. The minimum absolute atomic E-state index is 0.00671. The van der Waals surface area contributed by atoms with Crippen molar-refractivity contribution in [3.63, 3.8) is 0 Å². The van der Waals surface area contributed by atoms with Crippen molar-refractivity contribution >= 4 is 11.6 Å². The Morgan fingerprint density at radius 1 is 1.56 bits per heavy atom. The maximum atomic E-state index is 12.2. The number of anilines is 1. The predicted octanol–water partition coefficient (Wildman–Crippen LogP) is 2.43. The first-order chi connectivity index (χ1) is 8.72. The van der Waals surface area contributed by atoms with E-state index in [-0.39, 0.29) is 11.9 Å². The van der Waals surface area contributed by atoms with Gasteiger partial charge in [-0.15, -0.1) is 0 Å². The minimum Gasteiger partial charge on any atom is -0.383 e. The number of amides is 1. The van der Waals surface area contributed by atoms with Gasteiger partial charge in [-0.25, -0.2) is 0 Å². The summed E-state index contributed by atoms with van der Waals surface area (Å²) in [4.78, 5) is 16.3. The monoisotopic (exact) mass is 247 g/mol. The third-order valence-corrected chi connectivity index (χ3v) is 3.65. The van der Waals surface area contributed by atoms with Crippen LogP contribution in [0.5, 0.6) is 0 Å². The molecule has 0 bridgehead atoms. The zero-order chi connectivity index (χ0) is 13.0. The Kier molecular flexibility index (Phi) is 4.18. The molecular formula is C14H21N3O. The van der Waals surface area contributed by atoms with Crippen molar-refractivity contribution in [2.75, 3.05) is 11.9 Å². The van der Waals surface area contributed by atoms with Crippen LogP contribution in [0.4, 0.5) is 5.69 Å². The van der Waals surface area contributed by atoms with Crippen LogP contribution < -0.4 is 10.6 Å². The van der Waals surface area contributed by atoms with E-state index in [0.29, 0.717) is 11.5 Å². The predicted molar refractivity (Wildman–Crippen MR) is 72.7 cm³/mol. The molecule has 1 saturated carbocycles. The lowest BCUT2D eigenvalue weighted by atomic mass is 9.80. The fourth-order valence-electron chi connectivity index (χ4n) is 2.27. The topological polar surface area (TPSA) is 54.0 Å². The summed E-state index contributed by atoms with van der Waals surface area (Å²) < 4.78 is 0. The number of carbonyl (C=O) groups is 1. The molecular weight excluding hydrogens is 226 g/mol. The summed E-state index contributed by atoms with van der Waals surface area (Å²) in [5.74, 6) is 0.645. The Bertz CT molecular complexity index is 415. The summed E-state index contributed by atoms with van der Waals surface area (Å²) >= 11 is 0. The van der Waals surface area contributed by atoms with Crippen LogP contribution in [0.2, 0.25) is 0 Å². The van der Waals surface area contributed by atoms with Crippen LogP contribution in [0.15, 0.2) is 18.5 Å². The van der Waals surface area contributed by atoms with Gasteiger partial charge in [-0.2, -0.15) is 0 Å². The van der Waals surface area contributed by atoms with Gasteiger partial charge in [0.2, 0.25) is 0 Å². The van der Waals surface area contributed by atoms with Gasteiger partial charge >= 0.3 is 0 Å². The standard InChI is InChI=1S/C14H21N3O/c1-3-16-13-9-15-8-7-12(13)14(18)17-10(2)11-5-4-6-11/h7-11,16H,3-6H2,1-2H3,(H,17,18). The molecule has 0 saturated heterocycles. The van der Waals surface area contributed by atoms with Crippen LogP contribution in [0, 0.1) is 5.92 Å². The molecule has 18 heavy (non-hydrogen) atoms. The minimum atomic E-state index is -0.00671. The molecule has 2 N–H and O–H groups in total. The van der Waals surface area contributed by atoms with Gasteiger partial charge in [0.15, 0.2) is 0 Å². The molecule has 0 aliphatic heterocycles. The third kappa shape index (κ3) is 2.81. The molecule has 1 atom stereocenters. The first-order valence-corrected chi connectivity index (χ1v) is 6.71. The molecule has 1 aromatic rings. The molecule has 1 aliphatic rings. The highest BCUT2D eigenvalue weighted by Crippen LogP contribution is 2.29. The van der Waals surface area contributed by atoms with E-state index < -0.39 is 0 Å². The summed E-state index contributed by atoms with van der Waals surface area (Å²) in [7, 11) is 0. The average Bonchev–Trinajstić information content (AvgIpc) is 2.27. The van der Waals surface area contributed by atoms with Gasteiger partial charge in [-0.1, -0.05) is 6.42 Å². The fourth-order valence-corrected chi connectivity index (χ4v) is 2.27. The number of nitrogens with one attached hydrogen (secondary N) is 2. The highest BCUT2D eigenvalue weighted by molar-refractivity contribution is 5.99. The second kappa shape index (κ2) is 5.85. The van der Waals surface area contributed by atoms with Crippen molar-refractivity contribution in [3.05, 3.63) is 24.0 Å². The molecule has 2 rings (SSSR count). The number of rotatable bonds is 5. The van der Waals surface area contributed by atoms with Crippen LogP contribution in [-0.2, 0) is 0 Å². The number of hydrogen-bond donors (Lipinski definition) is 2. The smallest absolute Gasteiger partial charge is 0.253 e. The van der Waals surface area contributed by atoms with Crippen LogP contribution in [-0.4, -0.2) is 23.5 Å². The van der Waals surface area contributed by atoms with E-state index >= 15 is 0 Å². The Morgan fingerprint density at radius 2 is 2.33 bits per heavy atom. The lowest BCUT2D eigenvalue weighted by molar-refractivity contribution is 0.0910. The number of carbonyl (C=O) groups excluding carboxylic acids is 1. The largest absolute Gasteiger partial charge is 0.383 e. The van der Waals surface area contributed by atoms with Gasteiger partial charge in [-0.3, -0.25) is 9.78 Å². The summed E-state index contributed by atoms with van der Waals surface area (Å²) in [5.41, 5.74) is 1.48. The summed E-state index contributed by atoms with van der Waals surface area (Å²) in [6.45, 7) is 4.88. The molecule has 1 fully saturated rings. The summed E-state index contributed by atoms with van der Waals surface area (Å²) in [6, 6.07) is 2.02. The normalized spacial score (nSPS) is 16.8. The Labute approximate surface area is 108 Å². The van der Waals surface area contributed by atoms with Crippen molar-refractivity contribution in [1.29, 1.82) is 0 Å². The molecule has 4 nitrogen and oxygen atoms in total. The van der Waals surface area contributed by atoms with Crippen LogP contribution in [0.25, 0.3) is 0 Å². The first kappa shape index (κ1) is 12.9. The van der Waals surface area contributed by atoms with E-state index in [2.05, 4.69) is 22.5 Å². The number of aromatic nitrogens is 1. The number of pyridine rings is 1. The molecule has 1 amide bonds. The first-order valence-electron chi connectivity index (χ1n) is 6.71. The van der Waals surface area contributed by atoms with Crippen molar-refractivity contribution in [3.8, 4) is 0 Å². The van der Waals surface area contributed by atoms with Crippen molar-refractivity contribution in [2.45, 2.75) is 39.2 Å². The highest BCUT2D eigenvalue weighted by atomic mass is 16.1. The van der Waals surface area contributed by atoms with Crippen LogP contribution >= 0.6 is 0 Å². The fraction of sp³-hybridized carbons (Fsp3) is 0.571. The van der Waals surface area contributed by atoms with Crippen LogP contribution in [0.3, 0.4) is 0 Å². The maximum Gasteiger partial charge on any atom is 0.253 e. The summed E-state index contributed by atoms with van der Waals surface area (Å²) in [6.07, 6.45) is 7.12. The number of hydrogen-bond acceptors (Lipinski definition) is 3. The lowest BCUT2D eigenvalue weighted by Crippen LogP contribution is -2.40. The van der Waals surface area contributed by atoms with E-state index in [4.69, 9.17) is 0 Å². The van der Waals surface area contributed by atoms with Gasteiger partial charge in [0.1, 0.15) is 0 Å². The number of nitrogens with zero attached hydrogens (tertiary/aromatic N) is 1. The van der Waals surface area contributed by atoms with E-state index in [9.17, 15) is 4.79 Å². The second-order valence-corrected chi connectivity index (χ2v) is 4.90. The maximum absolute atomic E-state index is 12.2. The van der Waals surface area contributed by atoms with Gasteiger partial charge < -0.3 is 10.6 Å². The molecule has 1 unspecified atom stereocenters. The molecule has 1 aliphatic carbocycles. The van der Waals surface area contributed by atoms with Crippen molar-refractivity contribution < 1.29 is 4.79 Å².